The van der Waals surface area contributed by atoms with E-state index in [9.17, 15) is 9.90 Å². The third-order valence-corrected chi connectivity index (χ3v) is 2.63. The molecule has 0 spiro atoms. The van der Waals surface area contributed by atoms with Crippen LogP contribution in [0.5, 0.6) is 0 Å². The van der Waals surface area contributed by atoms with E-state index in [1.54, 1.807) is 0 Å². The van der Waals surface area contributed by atoms with Crippen LogP contribution in [0, 0.1) is 11.3 Å². The van der Waals surface area contributed by atoms with Gasteiger partial charge in [0.1, 0.15) is 0 Å². The van der Waals surface area contributed by atoms with Gasteiger partial charge in [-0.1, -0.05) is 27.7 Å². The normalized spacial score (nSPS) is 18.0. The first-order chi connectivity index (χ1) is 5.98. The second kappa shape index (κ2) is 5.22. The predicted octanol–water partition coefficient (Wildman–Crippen LogP) is 1.59. The van der Waals surface area contributed by atoms with Crippen LogP contribution in [-0.4, -0.2) is 24.3 Å². The van der Waals surface area contributed by atoms with Crippen molar-refractivity contribution < 1.29 is 14.6 Å². The van der Waals surface area contributed by atoms with Gasteiger partial charge in [0.05, 0.1) is 12.7 Å². The lowest BCUT2D eigenvalue weighted by Gasteiger charge is -2.34. The van der Waals surface area contributed by atoms with Gasteiger partial charge in [-0.15, -0.1) is 0 Å². The molecule has 0 fully saturated rings. The molecule has 0 saturated heterocycles. The van der Waals surface area contributed by atoms with E-state index in [0.29, 0.717) is 6.47 Å². The average Bonchev–Trinajstić information content (AvgIpc) is 2.12. The highest BCUT2D eigenvalue weighted by Gasteiger charge is 2.33. The van der Waals surface area contributed by atoms with Gasteiger partial charge in [0.2, 0.25) is 0 Å². The van der Waals surface area contributed by atoms with E-state index in [0.717, 1.165) is 6.42 Å². The van der Waals surface area contributed by atoms with Crippen LogP contribution in [0.3, 0.4) is 0 Å². The molecule has 0 aliphatic heterocycles. The first-order valence-corrected chi connectivity index (χ1v) is 4.71. The number of aliphatic hydroxyl groups is 1. The smallest absolute Gasteiger partial charge is 0.293 e. The number of hydrogen-bond acceptors (Lipinski definition) is 3. The highest BCUT2D eigenvalue weighted by atomic mass is 16.5. The lowest BCUT2D eigenvalue weighted by molar-refractivity contribution is -0.136. The van der Waals surface area contributed by atoms with Crippen molar-refractivity contribution in [2.75, 3.05) is 6.61 Å². The van der Waals surface area contributed by atoms with Crippen LogP contribution in [0.15, 0.2) is 0 Å². The summed E-state index contributed by atoms with van der Waals surface area (Å²) in [5.74, 6) is 0.181. The summed E-state index contributed by atoms with van der Waals surface area (Å²) in [5, 5.41) is 9.88. The van der Waals surface area contributed by atoms with Crippen molar-refractivity contribution in [3.05, 3.63) is 0 Å². The zero-order chi connectivity index (χ0) is 10.5. The Hall–Kier alpha value is -0.570. The highest BCUT2D eigenvalue weighted by molar-refractivity contribution is 5.37. The number of ether oxygens (including phenoxy) is 1. The SMILES string of the molecule is CCC(C)(COC=O)C(O)C(C)C. The molecule has 0 aromatic rings. The molecule has 13 heavy (non-hydrogen) atoms. The van der Waals surface area contributed by atoms with Crippen LogP contribution in [0.2, 0.25) is 0 Å². The van der Waals surface area contributed by atoms with Crippen molar-refractivity contribution in [1.82, 2.24) is 0 Å². The molecule has 0 amide bonds. The molecule has 0 radical (unpaired) electrons. The molecular weight excluding hydrogens is 168 g/mol. The minimum absolute atomic E-state index is 0.181. The summed E-state index contributed by atoms with van der Waals surface area (Å²) in [5.41, 5.74) is -0.324. The standard InChI is InChI=1S/C10H20O3/c1-5-10(4,6-13-7-11)9(12)8(2)3/h7-9,12H,5-6H2,1-4H3. The van der Waals surface area contributed by atoms with Crippen molar-refractivity contribution >= 4 is 6.47 Å². The Balaban J connectivity index is 4.32. The summed E-state index contributed by atoms with van der Waals surface area (Å²) < 4.78 is 4.72. The zero-order valence-electron chi connectivity index (χ0n) is 8.91. The van der Waals surface area contributed by atoms with Gasteiger partial charge in [-0.2, -0.15) is 0 Å². The molecule has 1 N–H and O–H groups in total. The minimum atomic E-state index is -0.433. The van der Waals surface area contributed by atoms with E-state index in [2.05, 4.69) is 0 Å². The van der Waals surface area contributed by atoms with E-state index in [-0.39, 0.29) is 17.9 Å². The monoisotopic (exact) mass is 188 g/mol. The van der Waals surface area contributed by atoms with Gasteiger partial charge in [-0.3, -0.25) is 4.79 Å². The molecule has 0 heterocycles. The largest absolute Gasteiger partial charge is 0.467 e. The highest BCUT2D eigenvalue weighted by Crippen LogP contribution is 2.30. The molecule has 78 valence electrons. The molecule has 0 aliphatic carbocycles. The van der Waals surface area contributed by atoms with Crippen LogP contribution in [0.1, 0.15) is 34.1 Å². The van der Waals surface area contributed by atoms with Crippen LogP contribution in [-0.2, 0) is 9.53 Å². The fourth-order valence-corrected chi connectivity index (χ4v) is 1.43. The van der Waals surface area contributed by atoms with Gasteiger partial charge >= 0.3 is 0 Å². The maximum absolute atomic E-state index is 10.1. The van der Waals surface area contributed by atoms with E-state index < -0.39 is 6.10 Å². The number of carbonyl (C=O) groups is 1. The van der Waals surface area contributed by atoms with Gasteiger partial charge < -0.3 is 9.84 Å². The molecule has 0 saturated carbocycles. The average molecular weight is 188 g/mol. The van der Waals surface area contributed by atoms with Gasteiger partial charge in [-0.05, 0) is 12.3 Å². The third-order valence-electron chi connectivity index (χ3n) is 2.63. The van der Waals surface area contributed by atoms with Crippen molar-refractivity contribution in [1.29, 1.82) is 0 Å². The molecule has 0 aromatic carbocycles. The van der Waals surface area contributed by atoms with Gasteiger partial charge in [0.25, 0.3) is 6.47 Å². The molecule has 3 nitrogen and oxygen atoms in total. The molecule has 0 rings (SSSR count). The lowest BCUT2D eigenvalue weighted by atomic mass is 9.77. The molecule has 2 atom stereocenters. The summed E-state index contributed by atoms with van der Waals surface area (Å²) in [6.45, 7) is 8.55. The topological polar surface area (TPSA) is 46.5 Å². The first kappa shape index (κ1) is 12.4. The van der Waals surface area contributed by atoms with Gasteiger partial charge in [0, 0.05) is 5.41 Å². The Morgan fingerprint density at radius 2 is 2.08 bits per heavy atom. The van der Waals surface area contributed by atoms with Crippen molar-refractivity contribution in [3.8, 4) is 0 Å². The summed E-state index contributed by atoms with van der Waals surface area (Å²) in [6.07, 6.45) is 0.359. The van der Waals surface area contributed by atoms with E-state index in [1.165, 1.54) is 0 Å². The second-order valence-electron chi connectivity index (χ2n) is 4.10. The Bertz CT molecular complexity index is 156. The predicted molar refractivity (Wildman–Crippen MR) is 51.3 cm³/mol. The Morgan fingerprint density at radius 3 is 2.38 bits per heavy atom. The fraction of sp³-hybridized carbons (Fsp3) is 0.900. The van der Waals surface area contributed by atoms with Crippen molar-refractivity contribution in [3.63, 3.8) is 0 Å². The third kappa shape index (κ3) is 3.35. The molecule has 3 heteroatoms. The number of rotatable bonds is 6. The van der Waals surface area contributed by atoms with E-state index >= 15 is 0 Å². The van der Waals surface area contributed by atoms with Crippen LogP contribution in [0.4, 0.5) is 0 Å². The maximum atomic E-state index is 10.1. The summed E-state index contributed by atoms with van der Waals surface area (Å²) in [4.78, 5) is 10.1. The summed E-state index contributed by atoms with van der Waals surface area (Å²) in [7, 11) is 0. The Morgan fingerprint density at radius 1 is 1.54 bits per heavy atom. The number of hydrogen-bond donors (Lipinski definition) is 1. The van der Waals surface area contributed by atoms with Crippen molar-refractivity contribution in [2.45, 2.75) is 40.2 Å². The van der Waals surface area contributed by atoms with Crippen molar-refractivity contribution in [2.24, 2.45) is 11.3 Å². The van der Waals surface area contributed by atoms with Crippen LogP contribution >= 0.6 is 0 Å². The summed E-state index contributed by atoms with van der Waals surface area (Å²) in [6, 6.07) is 0. The molecule has 0 aliphatic rings. The lowest BCUT2D eigenvalue weighted by Crippen LogP contribution is -2.39. The van der Waals surface area contributed by atoms with E-state index in [4.69, 9.17) is 4.74 Å². The summed E-state index contributed by atoms with van der Waals surface area (Å²) >= 11 is 0. The van der Waals surface area contributed by atoms with Crippen LogP contribution in [0.25, 0.3) is 0 Å². The number of aliphatic hydroxyl groups excluding tert-OH is 1. The van der Waals surface area contributed by atoms with Crippen LogP contribution < -0.4 is 0 Å². The number of carbonyl (C=O) groups excluding carboxylic acids is 1. The first-order valence-electron chi connectivity index (χ1n) is 4.71. The maximum Gasteiger partial charge on any atom is 0.293 e. The Kier molecular flexibility index (Phi) is 4.99. The van der Waals surface area contributed by atoms with E-state index in [1.807, 2.05) is 27.7 Å². The molecule has 0 aromatic heterocycles. The fourth-order valence-electron chi connectivity index (χ4n) is 1.43. The Labute approximate surface area is 80.1 Å². The molecule has 2 unspecified atom stereocenters. The zero-order valence-corrected chi connectivity index (χ0v) is 8.91. The van der Waals surface area contributed by atoms with Gasteiger partial charge in [-0.25, -0.2) is 0 Å². The molecular formula is C10H20O3. The second-order valence-corrected chi connectivity index (χ2v) is 4.10. The van der Waals surface area contributed by atoms with Gasteiger partial charge in [0.15, 0.2) is 0 Å². The molecule has 0 bridgehead atoms. The minimum Gasteiger partial charge on any atom is -0.467 e. The quantitative estimate of drug-likeness (QED) is 0.644.